The van der Waals surface area contributed by atoms with Gasteiger partial charge in [-0.15, -0.1) is 6.42 Å². The molecule has 1 aromatic rings. The molecular weight excluding hydrogens is 188 g/mol. The van der Waals surface area contributed by atoms with Gasteiger partial charge in [-0.3, -0.25) is 0 Å². The summed E-state index contributed by atoms with van der Waals surface area (Å²) in [7, 11) is 0. The quantitative estimate of drug-likeness (QED) is 0.669. The molecule has 2 heterocycles. The molecule has 0 saturated carbocycles. The van der Waals surface area contributed by atoms with Gasteiger partial charge in [0.2, 0.25) is 0 Å². The highest BCUT2D eigenvalue weighted by Gasteiger charge is 2.17. The minimum absolute atomic E-state index is 0.329. The van der Waals surface area contributed by atoms with Crippen LogP contribution >= 0.6 is 0 Å². The molecule has 1 saturated heterocycles. The molecule has 0 bridgehead atoms. The molecule has 1 fully saturated rings. The maximum Gasteiger partial charge on any atom is 0.133 e. The van der Waals surface area contributed by atoms with Crippen molar-refractivity contribution in [2.75, 3.05) is 18.0 Å². The van der Waals surface area contributed by atoms with E-state index in [1.807, 2.05) is 6.07 Å². The summed E-state index contributed by atoms with van der Waals surface area (Å²) in [6, 6.07) is 2.17. The predicted octanol–water partition coefficient (Wildman–Crippen LogP) is 0.385. The van der Waals surface area contributed by atoms with Gasteiger partial charge >= 0.3 is 0 Å². The van der Waals surface area contributed by atoms with Gasteiger partial charge < -0.3 is 10.6 Å². The molecule has 4 nitrogen and oxygen atoms in total. The first-order chi connectivity index (χ1) is 7.29. The van der Waals surface area contributed by atoms with Gasteiger partial charge in [-0.05, 0) is 12.8 Å². The van der Waals surface area contributed by atoms with Crippen molar-refractivity contribution in [2.24, 2.45) is 5.73 Å². The fourth-order valence-corrected chi connectivity index (χ4v) is 1.73. The summed E-state index contributed by atoms with van der Waals surface area (Å²) in [5, 5.41) is 0. The lowest BCUT2D eigenvalue weighted by atomic mass is 10.1. The number of piperidine rings is 1. The Morgan fingerprint density at radius 3 is 2.80 bits per heavy atom. The molecule has 0 unspecified atom stereocenters. The van der Waals surface area contributed by atoms with Crippen LogP contribution in [0.3, 0.4) is 0 Å². The van der Waals surface area contributed by atoms with E-state index in [0.717, 1.165) is 31.7 Å². The van der Waals surface area contributed by atoms with Gasteiger partial charge in [0, 0.05) is 25.2 Å². The molecular formula is C11H14N4. The second kappa shape index (κ2) is 4.28. The third-order valence-electron chi connectivity index (χ3n) is 2.66. The van der Waals surface area contributed by atoms with Crippen molar-refractivity contribution in [1.82, 2.24) is 9.97 Å². The van der Waals surface area contributed by atoms with Crippen LogP contribution in [0.2, 0.25) is 0 Å². The number of anilines is 1. The van der Waals surface area contributed by atoms with Crippen LogP contribution in [0, 0.1) is 12.3 Å². The van der Waals surface area contributed by atoms with Crippen molar-refractivity contribution in [3.63, 3.8) is 0 Å². The highest BCUT2D eigenvalue weighted by molar-refractivity contribution is 5.43. The Bertz CT molecular complexity index is 374. The topological polar surface area (TPSA) is 55.0 Å². The van der Waals surface area contributed by atoms with Crippen molar-refractivity contribution >= 4 is 5.82 Å². The molecule has 2 rings (SSSR count). The first-order valence-electron chi connectivity index (χ1n) is 5.09. The van der Waals surface area contributed by atoms with Crippen molar-refractivity contribution in [3.05, 3.63) is 18.1 Å². The number of rotatable bonds is 1. The van der Waals surface area contributed by atoms with Gasteiger partial charge in [0.1, 0.15) is 17.8 Å². The average molecular weight is 202 g/mol. The third-order valence-corrected chi connectivity index (χ3v) is 2.66. The van der Waals surface area contributed by atoms with Gasteiger partial charge in [0.25, 0.3) is 0 Å². The SMILES string of the molecule is C#Cc1cc(N2CCC(N)CC2)ncn1. The van der Waals surface area contributed by atoms with Crippen LogP contribution in [-0.4, -0.2) is 29.1 Å². The monoisotopic (exact) mass is 202 g/mol. The van der Waals surface area contributed by atoms with Crippen LogP contribution in [0.1, 0.15) is 18.5 Å². The summed E-state index contributed by atoms with van der Waals surface area (Å²) in [5.41, 5.74) is 6.47. The first kappa shape index (κ1) is 9.94. The summed E-state index contributed by atoms with van der Waals surface area (Å²) >= 11 is 0. The number of hydrogen-bond acceptors (Lipinski definition) is 4. The average Bonchev–Trinajstić information content (AvgIpc) is 2.30. The fraction of sp³-hybridized carbons (Fsp3) is 0.455. The van der Waals surface area contributed by atoms with Crippen LogP contribution in [-0.2, 0) is 0 Å². The van der Waals surface area contributed by atoms with E-state index in [1.165, 1.54) is 6.33 Å². The standard InChI is InChI=1S/C11H14N4/c1-2-10-7-11(14-8-13-10)15-5-3-9(12)4-6-15/h1,7-9H,3-6,12H2. The van der Waals surface area contributed by atoms with E-state index in [9.17, 15) is 0 Å². The van der Waals surface area contributed by atoms with E-state index >= 15 is 0 Å². The summed E-state index contributed by atoms with van der Waals surface area (Å²) < 4.78 is 0. The zero-order valence-electron chi connectivity index (χ0n) is 8.56. The molecule has 15 heavy (non-hydrogen) atoms. The molecule has 0 radical (unpaired) electrons. The largest absolute Gasteiger partial charge is 0.356 e. The second-order valence-electron chi connectivity index (χ2n) is 3.73. The first-order valence-corrected chi connectivity index (χ1v) is 5.09. The van der Waals surface area contributed by atoms with Gasteiger partial charge in [-0.2, -0.15) is 0 Å². The lowest BCUT2D eigenvalue weighted by molar-refractivity contribution is 0.498. The zero-order valence-corrected chi connectivity index (χ0v) is 8.56. The highest BCUT2D eigenvalue weighted by atomic mass is 15.2. The zero-order chi connectivity index (χ0) is 10.7. The molecule has 1 aromatic heterocycles. The minimum atomic E-state index is 0.329. The van der Waals surface area contributed by atoms with Gasteiger partial charge in [-0.1, -0.05) is 5.92 Å². The normalized spacial score (nSPS) is 17.5. The van der Waals surface area contributed by atoms with Crippen LogP contribution in [0.4, 0.5) is 5.82 Å². The molecule has 0 aromatic carbocycles. The Morgan fingerprint density at radius 2 is 2.13 bits per heavy atom. The lowest BCUT2D eigenvalue weighted by Crippen LogP contribution is -2.40. The van der Waals surface area contributed by atoms with E-state index in [2.05, 4.69) is 20.8 Å². The van der Waals surface area contributed by atoms with Crippen molar-refractivity contribution < 1.29 is 0 Å². The second-order valence-corrected chi connectivity index (χ2v) is 3.73. The molecule has 1 aliphatic rings. The van der Waals surface area contributed by atoms with Crippen LogP contribution in [0.25, 0.3) is 0 Å². The predicted molar refractivity (Wildman–Crippen MR) is 59.4 cm³/mol. The molecule has 78 valence electrons. The summed E-state index contributed by atoms with van der Waals surface area (Å²) in [5.74, 6) is 3.42. The summed E-state index contributed by atoms with van der Waals surface area (Å²) in [6.07, 6.45) is 8.82. The lowest BCUT2D eigenvalue weighted by Gasteiger charge is -2.30. The number of hydrogen-bond donors (Lipinski definition) is 1. The smallest absolute Gasteiger partial charge is 0.133 e. The fourth-order valence-electron chi connectivity index (χ4n) is 1.73. The molecule has 0 amide bonds. The van der Waals surface area contributed by atoms with Crippen molar-refractivity contribution in [1.29, 1.82) is 0 Å². The minimum Gasteiger partial charge on any atom is -0.356 e. The van der Waals surface area contributed by atoms with Crippen LogP contribution in [0.5, 0.6) is 0 Å². The summed E-state index contributed by atoms with van der Waals surface area (Å²) in [4.78, 5) is 10.4. The van der Waals surface area contributed by atoms with Crippen LogP contribution in [0.15, 0.2) is 12.4 Å². The Labute approximate surface area is 89.5 Å². The van der Waals surface area contributed by atoms with Crippen LogP contribution < -0.4 is 10.6 Å². The van der Waals surface area contributed by atoms with E-state index in [-0.39, 0.29) is 0 Å². The van der Waals surface area contributed by atoms with E-state index in [0.29, 0.717) is 11.7 Å². The summed E-state index contributed by atoms with van der Waals surface area (Å²) in [6.45, 7) is 1.89. The number of nitrogens with two attached hydrogens (primary N) is 1. The number of terminal acetylenes is 1. The molecule has 2 N–H and O–H groups in total. The third kappa shape index (κ3) is 2.25. The number of nitrogens with zero attached hydrogens (tertiary/aromatic N) is 3. The molecule has 0 spiro atoms. The van der Waals surface area contributed by atoms with Gasteiger partial charge in [0.05, 0.1) is 0 Å². The highest BCUT2D eigenvalue weighted by Crippen LogP contribution is 2.16. The van der Waals surface area contributed by atoms with Crippen molar-refractivity contribution in [2.45, 2.75) is 18.9 Å². The Morgan fingerprint density at radius 1 is 1.40 bits per heavy atom. The maximum absolute atomic E-state index is 5.84. The maximum atomic E-state index is 5.84. The molecule has 0 aliphatic carbocycles. The van der Waals surface area contributed by atoms with E-state index in [4.69, 9.17) is 12.2 Å². The molecule has 1 aliphatic heterocycles. The molecule has 0 atom stereocenters. The Hall–Kier alpha value is -1.60. The van der Waals surface area contributed by atoms with Gasteiger partial charge in [-0.25, -0.2) is 9.97 Å². The van der Waals surface area contributed by atoms with Crippen molar-refractivity contribution in [3.8, 4) is 12.3 Å². The Balaban J connectivity index is 2.12. The van der Waals surface area contributed by atoms with E-state index in [1.54, 1.807) is 0 Å². The Kier molecular flexibility index (Phi) is 2.84. The van der Waals surface area contributed by atoms with E-state index < -0.39 is 0 Å². The molecule has 4 heteroatoms. The number of aromatic nitrogens is 2. The van der Waals surface area contributed by atoms with Gasteiger partial charge in [0.15, 0.2) is 0 Å².